The van der Waals surface area contributed by atoms with Crippen molar-refractivity contribution in [3.8, 4) is 0 Å². The molecule has 1 aromatic carbocycles. The van der Waals surface area contributed by atoms with Crippen LogP contribution in [0.3, 0.4) is 0 Å². The number of benzene rings is 1. The van der Waals surface area contributed by atoms with Crippen molar-refractivity contribution in [3.63, 3.8) is 0 Å². The van der Waals surface area contributed by atoms with Gasteiger partial charge in [-0.15, -0.1) is 0 Å². The third-order valence-electron chi connectivity index (χ3n) is 4.55. The Hall–Kier alpha value is -1.39. The standard InChI is InChI=1S/C17H25N3O/c18-16(9-6-13-4-2-1-3-5-13)17(21)19-14-10-11-20(12-14)15-7-8-15/h1-5,14-16H,6-12,18H2,(H,19,21). The van der Waals surface area contributed by atoms with Crippen LogP contribution in [-0.2, 0) is 11.2 Å². The van der Waals surface area contributed by atoms with Crippen LogP contribution in [-0.4, -0.2) is 42.0 Å². The molecule has 2 unspecified atom stereocenters. The number of nitrogens with two attached hydrogens (primary N) is 1. The van der Waals surface area contributed by atoms with Gasteiger partial charge in [-0.3, -0.25) is 9.69 Å². The SMILES string of the molecule is NC(CCc1ccccc1)C(=O)NC1CCN(C2CC2)C1. The molecule has 4 nitrogen and oxygen atoms in total. The maximum Gasteiger partial charge on any atom is 0.237 e. The molecule has 0 bridgehead atoms. The summed E-state index contributed by atoms with van der Waals surface area (Å²) >= 11 is 0. The predicted molar refractivity (Wildman–Crippen MR) is 83.9 cm³/mol. The van der Waals surface area contributed by atoms with E-state index in [1.165, 1.54) is 18.4 Å². The van der Waals surface area contributed by atoms with Crippen LogP contribution in [0.25, 0.3) is 0 Å². The lowest BCUT2D eigenvalue weighted by atomic mass is 10.1. The number of aryl methyl sites for hydroxylation is 1. The zero-order valence-corrected chi connectivity index (χ0v) is 12.5. The molecule has 0 radical (unpaired) electrons. The number of rotatable bonds is 6. The summed E-state index contributed by atoms with van der Waals surface area (Å²) in [7, 11) is 0. The number of likely N-dealkylation sites (tertiary alicyclic amines) is 1. The van der Waals surface area contributed by atoms with Crippen LogP contribution in [0, 0.1) is 0 Å². The highest BCUT2D eigenvalue weighted by Crippen LogP contribution is 2.29. The van der Waals surface area contributed by atoms with Crippen LogP contribution in [0.15, 0.2) is 30.3 Å². The van der Waals surface area contributed by atoms with E-state index in [9.17, 15) is 4.79 Å². The van der Waals surface area contributed by atoms with E-state index < -0.39 is 6.04 Å². The molecule has 0 spiro atoms. The molecule has 1 aliphatic carbocycles. The van der Waals surface area contributed by atoms with Gasteiger partial charge in [0.05, 0.1) is 6.04 Å². The summed E-state index contributed by atoms with van der Waals surface area (Å²) in [5, 5.41) is 3.12. The molecular weight excluding hydrogens is 262 g/mol. The average Bonchev–Trinajstić information content (AvgIpc) is 3.26. The summed E-state index contributed by atoms with van der Waals surface area (Å²) in [6.45, 7) is 2.12. The fraction of sp³-hybridized carbons (Fsp3) is 0.588. The van der Waals surface area contributed by atoms with Crippen LogP contribution < -0.4 is 11.1 Å². The smallest absolute Gasteiger partial charge is 0.237 e. The lowest BCUT2D eigenvalue weighted by Gasteiger charge is -2.18. The molecular formula is C17H25N3O. The second kappa shape index (κ2) is 6.58. The van der Waals surface area contributed by atoms with E-state index in [0.717, 1.165) is 32.0 Å². The maximum atomic E-state index is 12.2. The highest BCUT2D eigenvalue weighted by Gasteiger charge is 2.35. The fourth-order valence-corrected chi connectivity index (χ4v) is 3.08. The number of hydrogen-bond acceptors (Lipinski definition) is 3. The molecule has 4 heteroatoms. The Bertz CT molecular complexity index is 472. The van der Waals surface area contributed by atoms with Gasteiger partial charge in [-0.1, -0.05) is 30.3 Å². The minimum Gasteiger partial charge on any atom is -0.351 e. The second-order valence-corrected chi connectivity index (χ2v) is 6.35. The quantitative estimate of drug-likeness (QED) is 0.829. The molecule has 2 atom stereocenters. The lowest BCUT2D eigenvalue weighted by molar-refractivity contribution is -0.123. The Morgan fingerprint density at radius 2 is 2.05 bits per heavy atom. The highest BCUT2D eigenvalue weighted by atomic mass is 16.2. The number of carbonyl (C=O) groups is 1. The van der Waals surface area contributed by atoms with Crippen LogP contribution in [0.4, 0.5) is 0 Å². The summed E-state index contributed by atoms with van der Waals surface area (Å²) in [6, 6.07) is 10.9. The molecule has 21 heavy (non-hydrogen) atoms. The molecule has 2 aliphatic rings. The van der Waals surface area contributed by atoms with Crippen LogP contribution in [0.2, 0.25) is 0 Å². The van der Waals surface area contributed by atoms with E-state index in [4.69, 9.17) is 5.73 Å². The normalized spacial score (nSPS) is 24.0. The van der Waals surface area contributed by atoms with E-state index in [0.29, 0.717) is 12.5 Å². The first-order valence-corrected chi connectivity index (χ1v) is 8.06. The minimum atomic E-state index is -0.403. The van der Waals surface area contributed by atoms with Crippen molar-refractivity contribution in [2.24, 2.45) is 5.73 Å². The van der Waals surface area contributed by atoms with Gasteiger partial charge < -0.3 is 11.1 Å². The third kappa shape index (κ3) is 4.05. The lowest BCUT2D eigenvalue weighted by Crippen LogP contribution is -2.46. The van der Waals surface area contributed by atoms with Gasteiger partial charge in [0.1, 0.15) is 0 Å². The van der Waals surface area contributed by atoms with Crippen molar-refractivity contribution in [3.05, 3.63) is 35.9 Å². The van der Waals surface area contributed by atoms with Gasteiger partial charge in [-0.25, -0.2) is 0 Å². The van der Waals surface area contributed by atoms with Crippen molar-refractivity contribution in [2.45, 2.75) is 50.2 Å². The van der Waals surface area contributed by atoms with E-state index in [-0.39, 0.29) is 5.91 Å². The summed E-state index contributed by atoms with van der Waals surface area (Å²) in [6.07, 6.45) is 5.28. The van der Waals surface area contributed by atoms with Crippen molar-refractivity contribution in [1.82, 2.24) is 10.2 Å². The molecule has 1 amide bonds. The molecule has 0 aromatic heterocycles. The van der Waals surface area contributed by atoms with Crippen molar-refractivity contribution >= 4 is 5.91 Å². The Kier molecular flexibility index (Phi) is 4.56. The molecule has 3 N–H and O–H groups in total. The Balaban J connectivity index is 1.40. The largest absolute Gasteiger partial charge is 0.351 e. The molecule has 1 aromatic rings. The first kappa shape index (κ1) is 14.5. The Morgan fingerprint density at radius 3 is 2.76 bits per heavy atom. The van der Waals surface area contributed by atoms with Gasteiger partial charge in [-0.05, 0) is 37.7 Å². The van der Waals surface area contributed by atoms with E-state index >= 15 is 0 Å². The number of nitrogens with zero attached hydrogens (tertiary/aromatic N) is 1. The monoisotopic (exact) mass is 287 g/mol. The molecule has 1 saturated heterocycles. The summed E-state index contributed by atoms with van der Waals surface area (Å²) < 4.78 is 0. The van der Waals surface area contributed by atoms with E-state index in [1.807, 2.05) is 18.2 Å². The third-order valence-corrected chi connectivity index (χ3v) is 4.55. The van der Waals surface area contributed by atoms with E-state index in [2.05, 4.69) is 22.3 Å². The summed E-state index contributed by atoms with van der Waals surface area (Å²) in [5.41, 5.74) is 7.26. The summed E-state index contributed by atoms with van der Waals surface area (Å²) in [4.78, 5) is 14.7. The topological polar surface area (TPSA) is 58.4 Å². The summed E-state index contributed by atoms with van der Waals surface area (Å²) in [5.74, 6) is 0.00794. The average molecular weight is 287 g/mol. The second-order valence-electron chi connectivity index (χ2n) is 6.35. The molecule has 2 fully saturated rings. The number of amides is 1. The highest BCUT2D eigenvalue weighted by molar-refractivity contribution is 5.81. The molecule has 1 aliphatic heterocycles. The Labute approximate surface area is 126 Å². The van der Waals surface area contributed by atoms with Crippen molar-refractivity contribution < 1.29 is 4.79 Å². The number of nitrogens with one attached hydrogen (secondary N) is 1. The van der Waals surface area contributed by atoms with Crippen molar-refractivity contribution in [2.75, 3.05) is 13.1 Å². The first-order chi connectivity index (χ1) is 10.2. The zero-order chi connectivity index (χ0) is 14.7. The number of hydrogen-bond donors (Lipinski definition) is 2. The minimum absolute atomic E-state index is 0.00794. The molecule has 114 valence electrons. The molecule has 3 rings (SSSR count). The van der Waals surface area contributed by atoms with Gasteiger partial charge in [0.25, 0.3) is 0 Å². The van der Waals surface area contributed by atoms with Crippen LogP contribution in [0.1, 0.15) is 31.2 Å². The van der Waals surface area contributed by atoms with Gasteiger partial charge in [-0.2, -0.15) is 0 Å². The maximum absolute atomic E-state index is 12.2. The van der Waals surface area contributed by atoms with Crippen LogP contribution >= 0.6 is 0 Å². The fourth-order valence-electron chi connectivity index (χ4n) is 3.08. The molecule has 1 saturated carbocycles. The van der Waals surface area contributed by atoms with Gasteiger partial charge in [0, 0.05) is 25.2 Å². The number of carbonyl (C=O) groups excluding carboxylic acids is 1. The molecule has 1 heterocycles. The van der Waals surface area contributed by atoms with Crippen molar-refractivity contribution in [1.29, 1.82) is 0 Å². The zero-order valence-electron chi connectivity index (χ0n) is 12.5. The van der Waals surface area contributed by atoms with Gasteiger partial charge in [0.2, 0.25) is 5.91 Å². The van der Waals surface area contributed by atoms with Gasteiger partial charge >= 0.3 is 0 Å². The first-order valence-electron chi connectivity index (χ1n) is 8.06. The van der Waals surface area contributed by atoms with E-state index in [1.54, 1.807) is 0 Å². The van der Waals surface area contributed by atoms with Gasteiger partial charge in [0.15, 0.2) is 0 Å². The van der Waals surface area contributed by atoms with Crippen LogP contribution in [0.5, 0.6) is 0 Å². The predicted octanol–water partition coefficient (Wildman–Crippen LogP) is 1.30. The Morgan fingerprint density at radius 1 is 1.29 bits per heavy atom.